The fourth-order valence-corrected chi connectivity index (χ4v) is 0.415. The van der Waals surface area contributed by atoms with E-state index in [0.717, 1.165) is 10.9 Å². The van der Waals surface area contributed by atoms with Gasteiger partial charge in [-0.1, -0.05) is 0 Å². The van der Waals surface area contributed by atoms with Gasteiger partial charge in [0.25, 0.3) is 0 Å². The van der Waals surface area contributed by atoms with Gasteiger partial charge in [-0.25, -0.2) is 0 Å². The van der Waals surface area contributed by atoms with Crippen molar-refractivity contribution in [3.63, 3.8) is 0 Å². The molecule has 0 saturated carbocycles. The molecule has 0 fully saturated rings. The van der Waals surface area contributed by atoms with E-state index in [1.807, 2.05) is 20.4 Å². The van der Waals surface area contributed by atoms with Crippen molar-refractivity contribution < 1.29 is 0 Å². The molecule has 0 unspecified atom stereocenters. The minimum atomic E-state index is 0.771. The zero-order valence-electron chi connectivity index (χ0n) is 5.72. The summed E-state index contributed by atoms with van der Waals surface area (Å²) in [7, 11) is 5.18. The summed E-state index contributed by atoms with van der Waals surface area (Å²) in [6.45, 7) is 14.5. The van der Waals surface area contributed by atoms with Crippen molar-refractivity contribution in [1.29, 1.82) is 0 Å². The van der Waals surface area contributed by atoms with E-state index in [4.69, 9.17) is 7.37 Å². The van der Waals surface area contributed by atoms with Crippen LogP contribution in [0.3, 0.4) is 0 Å². The third-order valence-electron chi connectivity index (χ3n) is 0.981. The molecule has 0 atom stereocenters. The third-order valence-corrected chi connectivity index (χ3v) is 0.981. The molecule has 0 aliphatic heterocycles. The first kappa shape index (κ1) is 8.74. The Hall–Kier alpha value is -0.260. The fourth-order valence-electron chi connectivity index (χ4n) is 0.415. The minimum absolute atomic E-state index is 0.771. The quantitative estimate of drug-likeness (QED) is 0.359. The van der Waals surface area contributed by atoms with Gasteiger partial charge < -0.3 is 0 Å². The van der Waals surface area contributed by atoms with Gasteiger partial charge in [0.2, 0.25) is 0 Å². The monoisotopic (exact) mass is 111 g/mol. The molecule has 0 aromatic heterocycles. The van der Waals surface area contributed by atoms with Crippen molar-refractivity contribution in [1.82, 2.24) is 0 Å². The van der Waals surface area contributed by atoms with Gasteiger partial charge in [0.15, 0.2) is 0 Å². The predicted octanol–water partition coefficient (Wildman–Crippen LogP) is 0.173. The van der Waals surface area contributed by atoms with E-state index in [-0.39, 0.29) is 0 Å². The number of rotatable bonds is 3. The van der Waals surface area contributed by atoms with Crippen LogP contribution in [0.15, 0.2) is 24.1 Å². The fraction of sp³-hybridized carbons (Fsp3) is 0.200. The van der Waals surface area contributed by atoms with Gasteiger partial charge in [-0.05, 0) is 0 Å². The van der Waals surface area contributed by atoms with Gasteiger partial charge in [0.1, 0.15) is 0 Å². The molecule has 1 radical (unpaired) electrons. The summed E-state index contributed by atoms with van der Waals surface area (Å²) in [4.78, 5) is 0. The average molecular weight is 110 g/mol. The Bertz CT molecular complexity index is 168. The van der Waals surface area contributed by atoms with Crippen LogP contribution in [0.1, 0.15) is 0 Å². The molecule has 0 rings (SSSR count). The zero-order valence-corrected chi connectivity index (χ0v) is 5.72. The van der Waals surface area contributed by atoms with E-state index < -0.39 is 0 Å². The van der Waals surface area contributed by atoms with Gasteiger partial charge in [-0.2, -0.15) is 0 Å². The Morgan fingerprint density at radius 2 is 1.89 bits per heavy atom. The molecule has 0 nitrogen and oxygen atoms in total. The van der Waals surface area contributed by atoms with Crippen molar-refractivity contribution in [2.75, 3.05) is 0 Å². The Morgan fingerprint density at radius 3 is 2.22 bits per heavy atom. The Labute approximate surface area is 59.4 Å². The summed E-state index contributed by atoms with van der Waals surface area (Å²) < 4.78 is 0. The molecule has 0 spiro atoms. The second kappa shape index (κ2) is 4.60. The summed E-state index contributed by atoms with van der Waals surface area (Å²) in [6, 6.07) is 0. The molecule has 0 aromatic carbocycles. The van der Waals surface area contributed by atoms with E-state index in [1.165, 1.54) is 6.80 Å². The van der Waals surface area contributed by atoms with Crippen LogP contribution >= 0.6 is 0 Å². The second-order valence-corrected chi connectivity index (χ2v) is 1.72. The van der Waals surface area contributed by atoms with Crippen molar-refractivity contribution >= 4 is 27.8 Å². The van der Waals surface area contributed by atoms with E-state index in [2.05, 4.69) is 13.2 Å². The zero-order chi connectivity index (χ0) is 7.28. The first-order valence-electron chi connectivity index (χ1n) is 2.78. The maximum atomic E-state index is 5.18. The van der Waals surface area contributed by atoms with Gasteiger partial charge in [0, 0.05) is 0 Å². The standard InChI is InChI=1S/C5H7B4/c1-4(8-6)5(2)9-7-3/h1-2H2,3H3. The van der Waals surface area contributed by atoms with E-state index in [1.54, 1.807) is 0 Å². The summed E-state index contributed by atoms with van der Waals surface area (Å²) in [5.74, 6) is 0. The number of hydrogen-bond donors (Lipinski definition) is 0. The van der Waals surface area contributed by atoms with Crippen LogP contribution in [0.2, 0.25) is 6.82 Å². The van der Waals surface area contributed by atoms with Crippen LogP contribution in [0.25, 0.3) is 0 Å². The van der Waals surface area contributed by atoms with Gasteiger partial charge in [-0.3, -0.25) is 0 Å². The molecule has 0 bridgehead atoms. The molecular formula is C5H7B4. The topological polar surface area (TPSA) is 0 Å². The predicted molar refractivity (Wildman–Crippen MR) is 47.2 cm³/mol. The Kier molecular flexibility index (Phi) is 4.47. The summed E-state index contributed by atoms with van der Waals surface area (Å²) in [5.41, 5.74) is 1.63. The number of allylic oxidation sites excluding steroid dienone is 2. The SMILES string of the molecule is [B]=BC(=C)C(=C)B=BC. The Morgan fingerprint density at radius 1 is 1.33 bits per heavy atom. The van der Waals surface area contributed by atoms with E-state index >= 15 is 0 Å². The molecule has 0 N–H and O–H groups in total. The molecule has 0 aromatic rings. The van der Waals surface area contributed by atoms with Crippen LogP contribution in [-0.4, -0.2) is 27.8 Å². The molecule has 0 aliphatic rings. The molecule has 39 valence electrons. The van der Waals surface area contributed by atoms with E-state index in [9.17, 15) is 0 Å². The third kappa shape index (κ3) is 3.34. The first-order chi connectivity index (χ1) is 4.22. The van der Waals surface area contributed by atoms with Crippen molar-refractivity contribution in [2.45, 2.75) is 6.82 Å². The average Bonchev–Trinajstić information content (AvgIpc) is 1.87. The Balaban J connectivity index is 4.04. The summed E-state index contributed by atoms with van der Waals surface area (Å²) in [6.07, 6.45) is 0. The van der Waals surface area contributed by atoms with Crippen LogP contribution in [0.5, 0.6) is 0 Å². The van der Waals surface area contributed by atoms with Crippen molar-refractivity contribution in [2.24, 2.45) is 0 Å². The van der Waals surface area contributed by atoms with Gasteiger partial charge in [-0.15, -0.1) is 0 Å². The number of hydrogen-bond acceptors (Lipinski definition) is 0. The van der Waals surface area contributed by atoms with Crippen LogP contribution in [0.4, 0.5) is 0 Å². The second-order valence-electron chi connectivity index (χ2n) is 1.72. The van der Waals surface area contributed by atoms with Crippen molar-refractivity contribution in [3.8, 4) is 0 Å². The molecule has 0 aliphatic carbocycles. The van der Waals surface area contributed by atoms with Crippen LogP contribution < -0.4 is 0 Å². The van der Waals surface area contributed by atoms with Crippen LogP contribution in [0, 0.1) is 0 Å². The normalized spacial score (nSPS) is 7.11. The van der Waals surface area contributed by atoms with Crippen molar-refractivity contribution in [3.05, 3.63) is 24.1 Å². The molecule has 9 heavy (non-hydrogen) atoms. The van der Waals surface area contributed by atoms with E-state index in [0.29, 0.717) is 0 Å². The van der Waals surface area contributed by atoms with Gasteiger partial charge >= 0.3 is 58.7 Å². The molecule has 0 amide bonds. The molecule has 4 heteroatoms. The van der Waals surface area contributed by atoms with Gasteiger partial charge in [0.05, 0.1) is 0 Å². The van der Waals surface area contributed by atoms with Crippen LogP contribution in [-0.2, 0) is 0 Å². The maximum absolute atomic E-state index is 5.18. The molecular weight excluding hydrogens is 103 g/mol. The first-order valence-corrected chi connectivity index (χ1v) is 2.78. The molecule has 0 heterocycles. The molecule has 0 saturated heterocycles. The summed E-state index contributed by atoms with van der Waals surface area (Å²) in [5, 5.41) is 0. The summed E-state index contributed by atoms with van der Waals surface area (Å²) >= 11 is 0.